The molecular weight excluding hydrogens is 267 g/mol. The summed E-state index contributed by atoms with van der Waals surface area (Å²) in [5.74, 6) is 0. The number of benzene rings is 2. The number of alkyl halides is 3. The minimum atomic E-state index is -4.38. The summed E-state index contributed by atoms with van der Waals surface area (Å²) in [5, 5.41) is 10.1. The first-order valence-electron chi connectivity index (χ1n) is 6.05. The van der Waals surface area contributed by atoms with E-state index in [1.807, 2.05) is 6.07 Å². The Hall–Kier alpha value is -1.85. The van der Waals surface area contributed by atoms with Crippen molar-refractivity contribution in [3.8, 4) is 0 Å². The van der Waals surface area contributed by atoms with E-state index in [4.69, 9.17) is 5.73 Å². The van der Waals surface area contributed by atoms with Gasteiger partial charge in [-0.1, -0.05) is 42.5 Å². The number of aliphatic hydroxyl groups excluding tert-OH is 1. The van der Waals surface area contributed by atoms with Crippen molar-refractivity contribution >= 4 is 0 Å². The molecule has 0 aliphatic rings. The lowest BCUT2D eigenvalue weighted by Crippen LogP contribution is -2.19. The van der Waals surface area contributed by atoms with Gasteiger partial charge >= 0.3 is 6.18 Å². The van der Waals surface area contributed by atoms with Gasteiger partial charge < -0.3 is 10.8 Å². The van der Waals surface area contributed by atoms with Gasteiger partial charge in [0.15, 0.2) is 0 Å². The number of rotatable bonds is 3. The molecule has 2 aromatic carbocycles. The van der Waals surface area contributed by atoms with E-state index in [-0.39, 0.29) is 0 Å². The predicted molar refractivity (Wildman–Crippen MR) is 69.8 cm³/mol. The van der Waals surface area contributed by atoms with Crippen LogP contribution in [0.25, 0.3) is 0 Å². The summed E-state index contributed by atoms with van der Waals surface area (Å²) in [6.45, 7) is 0. The molecule has 3 N–H and O–H groups in total. The van der Waals surface area contributed by atoms with Crippen LogP contribution in [0, 0.1) is 0 Å². The molecule has 0 saturated heterocycles. The Morgan fingerprint density at radius 1 is 0.850 bits per heavy atom. The average molecular weight is 281 g/mol. The first-order chi connectivity index (χ1) is 9.39. The largest absolute Gasteiger partial charge is 0.416 e. The van der Waals surface area contributed by atoms with Crippen molar-refractivity contribution in [2.75, 3.05) is 0 Å². The minimum absolute atomic E-state index is 0.356. The van der Waals surface area contributed by atoms with Crippen LogP contribution in [-0.2, 0) is 6.18 Å². The van der Waals surface area contributed by atoms with Gasteiger partial charge in [-0.3, -0.25) is 0 Å². The molecule has 0 heterocycles. The molecule has 0 aliphatic heterocycles. The molecule has 0 bridgehead atoms. The topological polar surface area (TPSA) is 46.2 Å². The normalized spacial score (nSPS) is 14.8. The first kappa shape index (κ1) is 14.6. The molecule has 0 saturated carbocycles. The fourth-order valence-corrected chi connectivity index (χ4v) is 1.93. The van der Waals surface area contributed by atoms with Crippen molar-refractivity contribution in [2.45, 2.75) is 18.3 Å². The second-order valence-electron chi connectivity index (χ2n) is 4.50. The molecule has 106 valence electrons. The molecule has 2 unspecified atom stereocenters. The second-order valence-corrected chi connectivity index (χ2v) is 4.50. The minimum Gasteiger partial charge on any atom is -0.386 e. The summed E-state index contributed by atoms with van der Waals surface area (Å²) in [6.07, 6.45) is -5.44. The standard InChI is InChI=1S/C15H14F3NO/c16-15(17,18)12-8-6-11(7-9-12)14(20)13(19)10-4-2-1-3-5-10/h1-9,13-14,20H,19H2. The molecule has 0 aromatic heterocycles. The monoisotopic (exact) mass is 281 g/mol. The van der Waals surface area contributed by atoms with E-state index < -0.39 is 23.9 Å². The number of hydrogen-bond acceptors (Lipinski definition) is 2. The Morgan fingerprint density at radius 3 is 1.90 bits per heavy atom. The fraction of sp³-hybridized carbons (Fsp3) is 0.200. The van der Waals surface area contributed by atoms with Crippen molar-refractivity contribution in [1.82, 2.24) is 0 Å². The van der Waals surface area contributed by atoms with Gasteiger partial charge in [0.25, 0.3) is 0 Å². The highest BCUT2D eigenvalue weighted by atomic mass is 19.4. The second kappa shape index (κ2) is 5.64. The lowest BCUT2D eigenvalue weighted by atomic mass is 9.96. The summed E-state index contributed by atoms with van der Waals surface area (Å²) in [7, 11) is 0. The van der Waals surface area contributed by atoms with Crippen LogP contribution in [-0.4, -0.2) is 5.11 Å². The van der Waals surface area contributed by atoms with Crippen molar-refractivity contribution < 1.29 is 18.3 Å². The molecule has 20 heavy (non-hydrogen) atoms. The molecule has 2 nitrogen and oxygen atoms in total. The molecule has 0 amide bonds. The van der Waals surface area contributed by atoms with E-state index in [1.165, 1.54) is 12.1 Å². The zero-order valence-electron chi connectivity index (χ0n) is 10.5. The lowest BCUT2D eigenvalue weighted by Gasteiger charge is -2.20. The lowest BCUT2D eigenvalue weighted by molar-refractivity contribution is -0.137. The van der Waals surface area contributed by atoms with Gasteiger partial charge in [0, 0.05) is 0 Å². The molecular formula is C15H14F3NO. The van der Waals surface area contributed by atoms with Crippen molar-refractivity contribution in [1.29, 1.82) is 0 Å². The molecule has 0 radical (unpaired) electrons. The van der Waals surface area contributed by atoms with E-state index in [0.29, 0.717) is 5.56 Å². The van der Waals surface area contributed by atoms with Gasteiger partial charge in [-0.15, -0.1) is 0 Å². The van der Waals surface area contributed by atoms with Crippen LogP contribution in [0.15, 0.2) is 54.6 Å². The Bertz CT molecular complexity index is 552. The van der Waals surface area contributed by atoms with Gasteiger partial charge in [0.1, 0.15) is 0 Å². The molecule has 2 atom stereocenters. The molecule has 2 rings (SSSR count). The highest BCUT2D eigenvalue weighted by Gasteiger charge is 2.30. The highest BCUT2D eigenvalue weighted by molar-refractivity contribution is 5.29. The van der Waals surface area contributed by atoms with Crippen LogP contribution in [0.3, 0.4) is 0 Å². The third kappa shape index (κ3) is 3.18. The van der Waals surface area contributed by atoms with E-state index in [2.05, 4.69) is 0 Å². The number of aliphatic hydroxyl groups is 1. The first-order valence-corrected chi connectivity index (χ1v) is 6.05. The van der Waals surface area contributed by atoms with Crippen LogP contribution in [0.2, 0.25) is 0 Å². The maximum absolute atomic E-state index is 12.5. The van der Waals surface area contributed by atoms with Gasteiger partial charge in [-0.2, -0.15) is 13.2 Å². The third-order valence-electron chi connectivity index (χ3n) is 3.10. The fourth-order valence-electron chi connectivity index (χ4n) is 1.93. The Morgan fingerprint density at radius 2 is 1.40 bits per heavy atom. The molecule has 2 aromatic rings. The van der Waals surface area contributed by atoms with Gasteiger partial charge in [0.2, 0.25) is 0 Å². The SMILES string of the molecule is NC(c1ccccc1)C(O)c1ccc(C(F)(F)F)cc1. The van der Waals surface area contributed by atoms with E-state index in [9.17, 15) is 18.3 Å². The van der Waals surface area contributed by atoms with E-state index in [0.717, 1.165) is 17.7 Å². The molecule has 5 heteroatoms. The number of nitrogens with two attached hydrogens (primary N) is 1. The predicted octanol–water partition coefficient (Wildman–Crippen LogP) is 3.44. The van der Waals surface area contributed by atoms with Gasteiger partial charge in [-0.25, -0.2) is 0 Å². The van der Waals surface area contributed by atoms with Crippen LogP contribution < -0.4 is 5.73 Å². The average Bonchev–Trinajstić information content (AvgIpc) is 2.46. The summed E-state index contributed by atoms with van der Waals surface area (Å²) < 4.78 is 37.4. The van der Waals surface area contributed by atoms with Crippen molar-refractivity contribution in [3.63, 3.8) is 0 Å². The maximum Gasteiger partial charge on any atom is 0.416 e. The third-order valence-corrected chi connectivity index (χ3v) is 3.10. The van der Waals surface area contributed by atoms with Crippen LogP contribution in [0.4, 0.5) is 13.2 Å². The summed E-state index contributed by atoms with van der Waals surface area (Å²) in [6, 6.07) is 12.6. The highest BCUT2D eigenvalue weighted by Crippen LogP contribution is 2.32. The molecule has 0 fully saturated rings. The van der Waals surface area contributed by atoms with Crippen molar-refractivity contribution in [3.05, 3.63) is 71.3 Å². The summed E-state index contributed by atoms with van der Waals surface area (Å²) in [5.41, 5.74) is 6.25. The van der Waals surface area contributed by atoms with Gasteiger partial charge in [-0.05, 0) is 23.3 Å². The Kier molecular flexibility index (Phi) is 4.11. The molecule has 0 spiro atoms. The summed E-state index contributed by atoms with van der Waals surface area (Å²) in [4.78, 5) is 0. The van der Waals surface area contributed by atoms with Crippen LogP contribution in [0.5, 0.6) is 0 Å². The van der Waals surface area contributed by atoms with Crippen molar-refractivity contribution in [2.24, 2.45) is 5.73 Å². The Balaban J connectivity index is 2.19. The molecule has 0 aliphatic carbocycles. The number of hydrogen-bond donors (Lipinski definition) is 2. The Labute approximate surface area is 114 Å². The zero-order valence-corrected chi connectivity index (χ0v) is 10.5. The number of halogens is 3. The quantitative estimate of drug-likeness (QED) is 0.905. The zero-order chi connectivity index (χ0) is 14.8. The van der Waals surface area contributed by atoms with Crippen LogP contribution in [0.1, 0.15) is 28.8 Å². The van der Waals surface area contributed by atoms with E-state index in [1.54, 1.807) is 24.3 Å². The van der Waals surface area contributed by atoms with Crippen LogP contribution >= 0.6 is 0 Å². The van der Waals surface area contributed by atoms with E-state index >= 15 is 0 Å². The summed E-state index contributed by atoms with van der Waals surface area (Å²) >= 11 is 0. The van der Waals surface area contributed by atoms with Gasteiger partial charge in [0.05, 0.1) is 17.7 Å². The maximum atomic E-state index is 12.5. The smallest absolute Gasteiger partial charge is 0.386 e.